The number of benzene rings is 2. The Morgan fingerprint density at radius 3 is 2.65 bits per heavy atom. The molecule has 0 unspecified atom stereocenters. The molecule has 0 aromatic heterocycles. The van der Waals surface area contributed by atoms with Gasteiger partial charge in [0.15, 0.2) is 29.1 Å². The number of hydrogen-bond acceptors (Lipinski definition) is 6. The van der Waals surface area contributed by atoms with Crippen LogP contribution in [0.4, 0.5) is 10.5 Å². The van der Waals surface area contributed by atoms with E-state index in [-0.39, 0.29) is 30.5 Å². The number of carbonyl (C=O) groups excluding carboxylic acids is 2. The lowest BCUT2D eigenvalue weighted by Crippen LogP contribution is -2.47. The number of carbonyl (C=O) groups is 2. The maximum absolute atomic E-state index is 12.5. The molecule has 2 aromatic carbocycles. The van der Waals surface area contributed by atoms with Crippen molar-refractivity contribution in [2.75, 3.05) is 37.8 Å². The van der Waals surface area contributed by atoms with Gasteiger partial charge in [0.25, 0.3) is 0 Å². The van der Waals surface area contributed by atoms with E-state index in [0.29, 0.717) is 55.9 Å². The van der Waals surface area contributed by atoms with Crippen molar-refractivity contribution in [1.82, 2.24) is 10.6 Å². The van der Waals surface area contributed by atoms with Gasteiger partial charge < -0.3 is 34.5 Å². The summed E-state index contributed by atoms with van der Waals surface area (Å²) >= 11 is 0. The first-order chi connectivity index (χ1) is 15.2. The molecule has 5 rings (SSSR count). The van der Waals surface area contributed by atoms with E-state index in [0.717, 1.165) is 5.69 Å². The van der Waals surface area contributed by atoms with Crippen molar-refractivity contribution in [3.05, 3.63) is 42.5 Å². The molecule has 31 heavy (non-hydrogen) atoms. The number of hydrogen-bond donors (Lipinski definition) is 2. The summed E-state index contributed by atoms with van der Waals surface area (Å²) in [7, 11) is 0. The van der Waals surface area contributed by atoms with Gasteiger partial charge in [-0.25, -0.2) is 4.79 Å². The molecule has 1 saturated heterocycles. The van der Waals surface area contributed by atoms with Crippen molar-refractivity contribution >= 4 is 17.6 Å². The normalized spacial score (nSPS) is 21.5. The summed E-state index contributed by atoms with van der Waals surface area (Å²) in [6.45, 7) is 2.04. The first-order valence-corrected chi connectivity index (χ1v) is 10.3. The zero-order valence-corrected chi connectivity index (χ0v) is 16.8. The third-order valence-corrected chi connectivity index (χ3v) is 5.36. The monoisotopic (exact) mass is 425 g/mol. The Hall–Kier alpha value is -3.62. The fourth-order valence-electron chi connectivity index (χ4n) is 3.86. The molecule has 2 N–H and O–H groups in total. The molecular weight excluding hydrogens is 402 g/mol. The van der Waals surface area contributed by atoms with Crippen molar-refractivity contribution in [1.29, 1.82) is 0 Å². The highest BCUT2D eigenvalue weighted by atomic mass is 16.6. The van der Waals surface area contributed by atoms with E-state index in [9.17, 15) is 9.59 Å². The Balaban J connectivity index is 1.13. The van der Waals surface area contributed by atoms with Crippen LogP contribution in [0.15, 0.2) is 42.5 Å². The van der Waals surface area contributed by atoms with Crippen LogP contribution in [0, 0.1) is 0 Å². The Bertz CT molecular complexity index is 997. The highest BCUT2D eigenvalue weighted by Gasteiger charge is 2.32. The van der Waals surface area contributed by atoms with Gasteiger partial charge in [-0.2, -0.15) is 0 Å². The minimum absolute atomic E-state index is 0.0531. The number of anilines is 1. The van der Waals surface area contributed by atoms with Crippen molar-refractivity contribution in [3.8, 4) is 23.0 Å². The lowest BCUT2D eigenvalue weighted by molar-refractivity contribution is -0.117. The summed E-state index contributed by atoms with van der Waals surface area (Å²) in [5.74, 6) is 2.61. The topological polar surface area (TPSA) is 98.4 Å². The molecule has 1 fully saturated rings. The molecule has 9 heteroatoms. The summed E-state index contributed by atoms with van der Waals surface area (Å²) in [5, 5.41) is 5.66. The van der Waals surface area contributed by atoms with Crippen LogP contribution in [-0.4, -0.2) is 57.0 Å². The number of rotatable bonds is 4. The van der Waals surface area contributed by atoms with E-state index in [1.807, 2.05) is 30.3 Å². The molecular formula is C22H23N3O6. The van der Waals surface area contributed by atoms with E-state index >= 15 is 0 Å². The average Bonchev–Trinajstić information content (AvgIpc) is 3.17. The van der Waals surface area contributed by atoms with Crippen LogP contribution in [0.3, 0.4) is 0 Å². The van der Waals surface area contributed by atoms with Gasteiger partial charge in [0, 0.05) is 24.7 Å². The van der Waals surface area contributed by atoms with E-state index < -0.39 is 0 Å². The second-order valence-corrected chi connectivity index (χ2v) is 7.59. The molecule has 9 nitrogen and oxygen atoms in total. The molecule has 0 spiro atoms. The number of nitrogens with zero attached hydrogens (tertiary/aromatic N) is 1. The zero-order valence-electron chi connectivity index (χ0n) is 16.8. The summed E-state index contributed by atoms with van der Waals surface area (Å²) in [6, 6.07) is 12.2. The first-order valence-electron chi connectivity index (χ1n) is 10.3. The number of amides is 3. The highest BCUT2D eigenvalue weighted by Crippen LogP contribution is 2.35. The Morgan fingerprint density at radius 2 is 1.77 bits per heavy atom. The minimum Gasteiger partial charge on any atom is -0.486 e. The molecule has 3 aliphatic rings. The minimum atomic E-state index is -0.343. The molecule has 0 radical (unpaired) electrons. The molecule has 3 heterocycles. The van der Waals surface area contributed by atoms with Crippen molar-refractivity contribution in [2.24, 2.45) is 0 Å². The van der Waals surface area contributed by atoms with Crippen molar-refractivity contribution in [3.63, 3.8) is 0 Å². The number of urea groups is 1. The lowest BCUT2D eigenvalue weighted by atomic mass is 10.2. The van der Waals surface area contributed by atoms with Crippen LogP contribution in [0.2, 0.25) is 0 Å². The molecule has 3 amide bonds. The summed E-state index contributed by atoms with van der Waals surface area (Å²) < 4.78 is 22.6. The lowest BCUT2D eigenvalue weighted by Gasteiger charge is -2.26. The quantitative estimate of drug-likeness (QED) is 0.774. The van der Waals surface area contributed by atoms with E-state index in [1.165, 1.54) is 0 Å². The van der Waals surface area contributed by atoms with Gasteiger partial charge >= 0.3 is 6.03 Å². The first kappa shape index (κ1) is 19.3. The van der Waals surface area contributed by atoms with E-state index in [2.05, 4.69) is 10.6 Å². The third-order valence-electron chi connectivity index (χ3n) is 5.36. The van der Waals surface area contributed by atoms with Crippen LogP contribution < -0.4 is 34.5 Å². The Labute approximate surface area is 179 Å². The third kappa shape index (κ3) is 4.16. The number of para-hydroxylation sites is 2. The van der Waals surface area contributed by atoms with Gasteiger partial charge in [-0.1, -0.05) is 12.1 Å². The number of fused-ring (bicyclic) bond motifs is 2. The van der Waals surface area contributed by atoms with Crippen LogP contribution in [0.5, 0.6) is 23.0 Å². The van der Waals surface area contributed by atoms with Gasteiger partial charge in [0.2, 0.25) is 5.91 Å². The second-order valence-electron chi connectivity index (χ2n) is 7.59. The Kier molecular flexibility index (Phi) is 5.15. The molecule has 0 bridgehead atoms. The summed E-state index contributed by atoms with van der Waals surface area (Å²) in [6.07, 6.45) is -0.0433. The fraction of sp³-hybridized carbons (Fsp3) is 0.364. The molecule has 0 aliphatic carbocycles. The van der Waals surface area contributed by atoms with Crippen LogP contribution >= 0.6 is 0 Å². The predicted octanol–water partition coefficient (Wildman–Crippen LogP) is 1.70. The summed E-state index contributed by atoms with van der Waals surface area (Å²) in [4.78, 5) is 26.5. The Morgan fingerprint density at radius 1 is 1.00 bits per heavy atom. The molecule has 162 valence electrons. The molecule has 2 atom stereocenters. The van der Waals surface area contributed by atoms with Crippen LogP contribution in [-0.2, 0) is 4.79 Å². The van der Waals surface area contributed by atoms with Gasteiger partial charge in [0.1, 0.15) is 19.8 Å². The van der Waals surface area contributed by atoms with Gasteiger partial charge in [-0.15, -0.1) is 0 Å². The van der Waals surface area contributed by atoms with Crippen molar-refractivity contribution in [2.45, 2.75) is 18.6 Å². The number of ether oxygens (including phenoxy) is 4. The maximum atomic E-state index is 12.5. The van der Waals surface area contributed by atoms with Crippen LogP contribution in [0.25, 0.3) is 0 Å². The average molecular weight is 425 g/mol. The fourth-order valence-corrected chi connectivity index (χ4v) is 3.86. The van der Waals surface area contributed by atoms with Gasteiger partial charge in [-0.05, 0) is 24.3 Å². The highest BCUT2D eigenvalue weighted by molar-refractivity contribution is 5.97. The SMILES string of the molecule is O=C(NC[C@@H]1COc2ccccc2O1)N[C@@H]1CC(=O)N(c2ccc3c(c2)OCCO3)C1. The standard InChI is InChI=1S/C22H23N3O6/c26-21-9-14(12-25(21)15-5-6-18-20(10-15)29-8-7-28-18)24-22(27)23-11-16-13-30-17-3-1-2-4-19(17)31-16/h1-6,10,14,16H,7-9,11-13H2,(H2,23,24,27)/t14-,16-/m1/s1. The number of nitrogens with one attached hydrogen (secondary N) is 2. The molecule has 3 aliphatic heterocycles. The summed E-state index contributed by atoms with van der Waals surface area (Å²) in [5.41, 5.74) is 0.727. The van der Waals surface area contributed by atoms with Crippen molar-refractivity contribution < 1.29 is 28.5 Å². The van der Waals surface area contributed by atoms with E-state index in [1.54, 1.807) is 17.0 Å². The zero-order chi connectivity index (χ0) is 21.2. The van der Waals surface area contributed by atoms with E-state index in [4.69, 9.17) is 18.9 Å². The second kappa shape index (κ2) is 8.25. The maximum Gasteiger partial charge on any atom is 0.315 e. The van der Waals surface area contributed by atoms with Gasteiger partial charge in [0.05, 0.1) is 12.6 Å². The molecule has 2 aromatic rings. The molecule has 0 saturated carbocycles. The van der Waals surface area contributed by atoms with Crippen LogP contribution in [0.1, 0.15) is 6.42 Å². The predicted molar refractivity (Wildman–Crippen MR) is 111 cm³/mol. The smallest absolute Gasteiger partial charge is 0.315 e. The largest absolute Gasteiger partial charge is 0.486 e. The van der Waals surface area contributed by atoms with Gasteiger partial charge in [-0.3, -0.25) is 4.79 Å².